The number of carbonyl (C=O) groups is 2. The van der Waals surface area contributed by atoms with E-state index in [1.807, 2.05) is 0 Å². The summed E-state index contributed by atoms with van der Waals surface area (Å²) >= 11 is 0. The number of phenols is 2. The molecule has 7 heteroatoms. The smallest absolute Gasteiger partial charge is 0.310 e. The van der Waals surface area contributed by atoms with Gasteiger partial charge in [0.15, 0.2) is 17.3 Å². The maximum absolute atomic E-state index is 12.3. The summed E-state index contributed by atoms with van der Waals surface area (Å²) in [6, 6.07) is 1.19. The highest BCUT2D eigenvalue weighted by atomic mass is 16.5. The Kier molecular flexibility index (Phi) is 4.56. The van der Waals surface area contributed by atoms with Crippen LogP contribution in [-0.4, -0.2) is 46.4 Å². The average molecular weight is 310 g/mol. The van der Waals surface area contributed by atoms with Crippen molar-refractivity contribution in [2.24, 2.45) is 0 Å². The lowest BCUT2D eigenvalue weighted by Crippen LogP contribution is -2.26. The Labute approximate surface area is 127 Å². The third-order valence-electron chi connectivity index (χ3n) is 3.49. The molecule has 1 aromatic rings. The summed E-state index contributed by atoms with van der Waals surface area (Å²) in [4.78, 5) is 24.2. The predicted octanol–water partition coefficient (Wildman–Crippen LogP) is 0.918. The van der Waals surface area contributed by atoms with Crippen LogP contribution in [-0.2, 0) is 16.0 Å². The number of hydrogen-bond acceptors (Lipinski definition) is 7. The lowest BCUT2D eigenvalue weighted by atomic mass is 9.93. The second-order valence-electron chi connectivity index (χ2n) is 5.31. The van der Waals surface area contributed by atoms with E-state index in [1.54, 1.807) is 6.92 Å². The summed E-state index contributed by atoms with van der Waals surface area (Å²) in [5.41, 5.74) is -0.00713. The van der Waals surface area contributed by atoms with Gasteiger partial charge in [0.1, 0.15) is 6.10 Å². The summed E-state index contributed by atoms with van der Waals surface area (Å²) in [5.74, 6) is -2.32. The number of ketones is 1. The third-order valence-corrected chi connectivity index (χ3v) is 3.49. The molecule has 7 nitrogen and oxygen atoms in total. The van der Waals surface area contributed by atoms with E-state index in [0.717, 1.165) is 0 Å². The van der Waals surface area contributed by atoms with E-state index >= 15 is 0 Å². The number of fused-ring (bicyclic) bond motifs is 1. The zero-order valence-electron chi connectivity index (χ0n) is 12.3. The highest BCUT2D eigenvalue weighted by Gasteiger charge is 2.28. The first-order valence-electron chi connectivity index (χ1n) is 6.86. The van der Waals surface area contributed by atoms with Gasteiger partial charge in [-0.25, -0.2) is 0 Å². The molecule has 120 valence electrons. The number of hydrogen-bond donors (Lipinski definition) is 3. The molecule has 1 aliphatic heterocycles. The van der Waals surface area contributed by atoms with E-state index in [4.69, 9.17) is 9.47 Å². The topological polar surface area (TPSA) is 113 Å². The fraction of sp³-hybridized carbons (Fsp3) is 0.467. The Morgan fingerprint density at radius 1 is 1.32 bits per heavy atom. The molecule has 0 fully saturated rings. The molecule has 0 aliphatic carbocycles. The fourth-order valence-corrected chi connectivity index (χ4v) is 2.59. The van der Waals surface area contributed by atoms with Crippen molar-refractivity contribution in [3.63, 3.8) is 0 Å². The molecule has 0 bridgehead atoms. The van der Waals surface area contributed by atoms with Crippen molar-refractivity contribution in [1.82, 2.24) is 0 Å². The van der Waals surface area contributed by atoms with Gasteiger partial charge >= 0.3 is 5.97 Å². The maximum Gasteiger partial charge on any atom is 0.310 e. The predicted molar refractivity (Wildman–Crippen MR) is 75.2 cm³/mol. The quantitative estimate of drug-likeness (QED) is 0.661. The van der Waals surface area contributed by atoms with Crippen LogP contribution in [0.15, 0.2) is 6.07 Å². The Morgan fingerprint density at radius 3 is 2.64 bits per heavy atom. The van der Waals surface area contributed by atoms with Crippen LogP contribution < -0.4 is 4.74 Å². The van der Waals surface area contributed by atoms with Crippen LogP contribution in [0, 0.1) is 0 Å². The highest BCUT2D eigenvalue weighted by molar-refractivity contribution is 6.02. The highest BCUT2D eigenvalue weighted by Crippen LogP contribution is 2.41. The number of methoxy groups -OCH3 is 1. The van der Waals surface area contributed by atoms with Gasteiger partial charge in [-0.15, -0.1) is 0 Å². The van der Waals surface area contributed by atoms with Gasteiger partial charge in [0.2, 0.25) is 5.75 Å². The van der Waals surface area contributed by atoms with Gasteiger partial charge in [-0.05, 0) is 18.6 Å². The number of ether oxygens (including phenoxy) is 2. The molecular weight excluding hydrogens is 292 g/mol. The summed E-state index contributed by atoms with van der Waals surface area (Å²) in [7, 11) is 1.23. The molecule has 2 unspecified atom stereocenters. The zero-order valence-corrected chi connectivity index (χ0v) is 12.3. The molecule has 2 rings (SSSR count). The van der Waals surface area contributed by atoms with Crippen LogP contribution >= 0.6 is 0 Å². The monoisotopic (exact) mass is 310 g/mol. The number of aliphatic hydroxyl groups excluding tert-OH is 1. The standard InChI is InChI=1S/C15H18O7/c1-7-3-9(16)6-10(17)13-8(5-12(19)22-7)4-11(18)15(21-2)14(13)20/h4,7,9,16,18,20H,3,5-6H2,1-2H3. The molecule has 0 saturated heterocycles. The normalized spacial score (nSPS) is 22.7. The first-order valence-corrected chi connectivity index (χ1v) is 6.86. The summed E-state index contributed by atoms with van der Waals surface area (Å²) in [5, 5.41) is 29.8. The molecule has 0 radical (unpaired) electrons. The van der Waals surface area contributed by atoms with Gasteiger partial charge in [-0.1, -0.05) is 0 Å². The molecule has 0 amide bonds. The van der Waals surface area contributed by atoms with Gasteiger partial charge in [0.25, 0.3) is 0 Å². The van der Waals surface area contributed by atoms with Gasteiger partial charge < -0.3 is 24.8 Å². The second kappa shape index (κ2) is 6.23. The Bertz CT molecular complexity index is 608. The SMILES string of the molecule is COc1c(O)cc2c(c1O)C(=O)CC(O)CC(C)OC(=O)C2. The minimum absolute atomic E-state index is 0.128. The molecule has 1 heterocycles. The second-order valence-corrected chi connectivity index (χ2v) is 5.31. The Balaban J connectivity index is 2.56. The van der Waals surface area contributed by atoms with Crippen molar-refractivity contribution in [1.29, 1.82) is 0 Å². The number of carbonyl (C=O) groups excluding carboxylic acids is 2. The van der Waals surface area contributed by atoms with Gasteiger partial charge in [-0.3, -0.25) is 9.59 Å². The molecule has 22 heavy (non-hydrogen) atoms. The number of esters is 1. The van der Waals surface area contributed by atoms with Crippen LogP contribution in [0.3, 0.4) is 0 Å². The van der Waals surface area contributed by atoms with E-state index in [9.17, 15) is 24.9 Å². The zero-order chi connectivity index (χ0) is 16.4. The molecule has 2 atom stereocenters. The van der Waals surface area contributed by atoms with Crippen molar-refractivity contribution in [3.05, 3.63) is 17.2 Å². The average Bonchev–Trinajstić information content (AvgIpc) is 2.36. The number of phenolic OH excluding ortho intramolecular Hbond substituents is 2. The maximum atomic E-state index is 12.3. The first kappa shape index (κ1) is 16.1. The molecule has 0 spiro atoms. The van der Waals surface area contributed by atoms with E-state index in [-0.39, 0.29) is 41.9 Å². The van der Waals surface area contributed by atoms with Crippen LogP contribution in [0.2, 0.25) is 0 Å². The summed E-state index contributed by atoms with van der Waals surface area (Å²) < 4.78 is 9.98. The van der Waals surface area contributed by atoms with Crippen molar-refractivity contribution in [2.75, 3.05) is 7.11 Å². The Morgan fingerprint density at radius 2 is 2.00 bits per heavy atom. The number of Topliss-reactive ketones (excluding diaryl/α,β-unsaturated/α-hetero) is 1. The fourth-order valence-electron chi connectivity index (χ4n) is 2.59. The van der Waals surface area contributed by atoms with Crippen LogP contribution in [0.5, 0.6) is 17.2 Å². The van der Waals surface area contributed by atoms with Gasteiger partial charge in [-0.2, -0.15) is 0 Å². The number of aromatic hydroxyl groups is 2. The van der Waals surface area contributed by atoms with Gasteiger partial charge in [0, 0.05) is 12.8 Å². The van der Waals surface area contributed by atoms with E-state index in [1.165, 1.54) is 13.2 Å². The Hall–Kier alpha value is -2.28. The number of benzene rings is 1. The van der Waals surface area contributed by atoms with Gasteiger partial charge in [0.05, 0.1) is 25.2 Å². The van der Waals surface area contributed by atoms with Crippen molar-refractivity contribution < 1.29 is 34.4 Å². The first-order chi connectivity index (χ1) is 10.3. The molecule has 1 aromatic carbocycles. The van der Waals surface area contributed by atoms with E-state index in [0.29, 0.717) is 0 Å². The molecule has 0 aromatic heterocycles. The van der Waals surface area contributed by atoms with Crippen molar-refractivity contribution in [3.8, 4) is 17.2 Å². The molecule has 3 N–H and O–H groups in total. The van der Waals surface area contributed by atoms with Crippen molar-refractivity contribution in [2.45, 2.75) is 38.4 Å². The number of rotatable bonds is 1. The third kappa shape index (κ3) is 3.14. The van der Waals surface area contributed by atoms with Crippen LogP contribution in [0.4, 0.5) is 0 Å². The van der Waals surface area contributed by atoms with E-state index in [2.05, 4.69) is 0 Å². The summed E-state index contributed by atoms with van der Waals surface area (Å²) in [6.45, 7) is 1.62. The minimum Gasteiger partial charge on any atom is -0.504 e. The largest absolute Gasteiger partial charge is 0.504 e. The molecular formula is C15H18O7. The van der Waals surface area contributed by atoms with Crippen LogP contribution in [0.1, 0.15) is 35.7 Å². The van der Waals surface area contributed by atoms with Crippen LogP contribution in [0.25, 0.3) is 0 Å². The summed E-state index contributed by atoms with van der Waals surface area (Å²) in [6.07, 6.45) is -1.90. The molecule has 1 aliphatic rings. The minimum atomic E-state index is -1.000. The lowest BCUT2D eigenvalue weighted by Gasteiger charge is -2.21. The van der Waals surface area contributed by atoms with E-state index < -0.39 is 29.7 Å². The van der Waals surface area contributed by atoms with Crippen molar-refractivity contribution >= 4 is 11.8 Å². The lowest BCUT2D eigenvalue weighted by molar-refractivity contribution is -0.148. The molecule has 0 saturated carbocycles. The number of cyclic esters (lactones) is 1. The number of aliphatic hydroxyl groups is 1.